The lowest BCUT2D eigenvalue weighted by Crippen LogP contribution is -3.23. The second-order valence-corrected chi connectivity index (χ2v) is 14.0. The second-order valence-electron chi connectivity index (χ2n) is 14.0. The first-order valence-corrected chi connectivity index (χ1v) is 17.9. The summed E-state index contributed by atoms with van der Waals surface area (Å²) in [6.45, 7) is 1.12. The van der Waals surface area contributed by atoms with Gasteiger partial charge in [-0.15, -0.1) is 0 Å². The number of fused-ring (bicyclic) bond motifs is 4. The van der Waals surface area contributed by atoms with Crippen molar-refractivity contribution in [1.82, 2.24) is 0 Å². The van der Waals surface area contributed by atoms with E-state index in [0.29, 0.717) is 38.5 Å². The quantitative estimate of drug-likeness (QED) is 0.333. The molecule has 4 aromatic rings. The van der Waals surface area contributed by atoms with Crippen molar-refractivity contribution in [2.45, 2.75) is 49.0 Å². The zero-order valence-electron chi connectivity index (χ0n) is 27.4. The number of rotatable bonds is 4. The third-order valence-corrected chi connectivity index (χ3v) is 11.7. The van der Waals surface area contributed by atoms with Gasteiger partial charge in [-0.3, -0.25) is 0 Å². The molecule has 0 amide bonds. The summed E-state index contributed by atoms with van der Waals surface area (Å²) in [6.07, 6.45) is 4.60. The number of nitrogens with one attached hydrogen (secondary N) is 2. The first-order valence-electron chi connectivity index (χ1n) is 17.9. The van der Waals surface area contributed by atoms with E-state index in [1.54, 1.807) is 0 Å². The van der Waals surface area contributed by atoms with Gasteiger partial charge < -0.3 is 37.5 Å². The first kappa shape index (κ1) is 30.7. The van der Waals surface area contributed by atoms with Gasteiger partial charge in [-0.1, -0.05) is 121 Å². The molecule has 248 valence electrons. The highest BCUT2D eigenvalue weighted by Crippen LogP contribution is 2.46. The largest absolute Gasteiger partial charge is 0.624 e. The van der Waals surface area contributed by atoms with E-state index in [4.69, 9.17) is 27.9 Å². The molecular weight excluding hydrogens is 602 g/mol. The zero-order chi connectivity index (χ0) is 32.1. The Hall–Kier alpha value is -3.31. The molecule has 0 aromatic heterocycles. The Morgan fingerprint density at radius 3 is 1.02 bits per heavy atom. The summed E-state index contributed by atoms with van der Waals surface area (Å²) in [6, 6.07) is 43.0. The molecule has 0 aliphatic carbocycles. The van der Waals surface area contributed by atoms with Gasteiger partial charge in [0.2, 0.25) is 0 Å². The maximum atomic E-state index is 6.82. The van der Waals surface area contributed by atoms with E-state index in [-0.39, 0.29) is 0 Å². The molecule has 0 saturated carbocycles. The fourth-order valence-electron chi connectivity index (χ4n) is 9.95. The molecule has 6 aliphatic heterocycles. The minimum absolute atomic E-state index is 0.320. The van der Waals surface area contributed by atoms with Crippen molar-refractivity contribution >= 4 is 13.8 Å². The Morgan fingerprint density at radius 1 is 0.438 bits per heavy atom. The summed E-state index contributed by atoms with van der Waals surface area (Å²) in [4.78, 5) is 2.69. The van der Waals surface area contributed by atoms with Crippen molar-refractivity contribution in [2.75, 3.05) is 39.5 Å². The van der Waals surface area contributed by atoms with Crippen LogP contribution in [0.4, 0.5) is 0 Å². The van der Waals surface area contributed by atoms with Crippen molar-refractivity contribution in [3.8, 4) is 0 Å². The number of hydrogen-bond acceptors (Lipinski definition) is 6. The predicted octanol–water partition coefficient (Wildman–Crippen LogP) is 2.98. The smallest absolute Gasteiger partial charge is 0.484 e. The van der Waals surface area contributed by atoms with Crippen LogP contribution in [-0.4, -0.2) is 65.4 Å². The molecule has 4 aromatic carbocycles. The Bertz CT molecular complexity index is 1480. The summed E-state index contributed by atoms with van der Waals surface area (Å²) in [5.74, 6) is 0. The summed E-state index contributed by atoms with van der Waals surface area (Å²) in [5.41, 5.74) is 3.77. The molecular formula is C38H44B2N2O6. The third-order valence-electron chi connectivity index (χ3n) is 11.7. The van der Waals surface area contributed by atoms with Crippen LogP contribution in [0.5, 0.6) is 0 Å². The van der Waals surface area contributed by atoms with E-state index in [1.807, 2.05) is 0 Å². The maximum Gasteiger partial charge on any atom is 0.624 e. The van der Waals surface area contributed by atoms with E-state index in [0.717, 1.165) is 25.9 Å². The van der Waals surface area contributed by atoms with Crippen LogP contribution in [0.25, 0.3) is 0 Å². The molecule has 0 bridgehead atoms. The van der Waals surface area contributed by atoms with Gasteiger partial charge in [0.1, 0.15) is 11.2 Å². The van der Waals surface area contributed by atoms with Gasteiger partial charge in [0.05, 0.1) is 12.1 Å². The highest BCUT2D eigenvalue weighted by molar-refractivity contribution is 6.53. The predicted molar refractivity (Wildman–Crippen MR) is 183 cm³/mol. The Balaban J connectivity index is 0.000000131. The van der Waals surface area contributed by atoms with Crippen LogP contribution in [0, 0.1) is 0 Å². The highest BCUT2D eigenvalue weighted by Gasteiger charge is 2.69. The van der Waals surface area contributed by atoms with E-state index in [1.165, 1.54) is 44.7 Å². The van der Waals surface area contributed by atoms with Crippen molar-refractivity contribution < 1.29 is 37.5 Å². The number of benzene rings is 4. The molecule has 6 fully saturated rings. The van der Waals surface area contributed by atoms with Gasteiger partial charge in [0, 0.05) is 52.4 Å². The molecule has 2 unspecified atom stereocenters. The highest BCUT2D eigenvalue weighted by atomic mass is 16.8. The van der Waals surface area contributed by atoms with Crippen LogP contribution in [0.2, 0.25) is 0 Å². The van der Waals surface area contributed by atoms with Crippen LogP contribution in [0.3, 0.4) is 0 Å². The average molecular weight is 646 g/mol. The Labute approximate surface area is 282 Å². The zero-order valence-corrected chi connectivity index (χ0v) is 27.4. The molecule has 2 N–H and O–H groups in total. The normalized spacial score (nSPS) is 29.8. The van der Waals surface area contributed by atoms with Gasteiger partial charge in [-0.05, 0) is 35.1 Å². The number of hydrogen-bond donors (Lipinski definition) is 2. The molecule has 2 spiro atoms. The molecule has 48 heavy (non-hydrogen) atoms. The van der Waals surface area contributed by atoms with E-state index < -0.39 is 25.0 Å². The van der Waals surface area contributed by atoms with Crippen LogP contribution in [-0.2, 0) is 39.1 Å². The van der Waals surface area contributed by atoms with Gasteiger partial charge in [-0.25, -0.2) is 0 Å². The van der Waals surface area contributed by atoms with Crippen molar-refractivity contribution in [3.05, 3.63) is 144 Å². The molecule has 10 heteroatoms. The Kier molecular flexibility index (Phi) is 7.83. The van der Waals surface area contributed by atoms with Gasteiger partial charge in [0.15, 0.2) is 0 Å². The maximum absolute atomic E-state index is 6.82. The van der Waals surface area contributed by atoms with Crippen molar-refractivity contribution in [1.29, 1.82) is 0 Å². The lowest BCUT2D eigenvalue weighted by Gasteiger charge is -2.36. The molecule has 8 nitrogen and oxygen atoms in total. The van der Waals surface area contributed by atoms with Crippen LogP contribution in [0.1, 0.15) is 47.9 Å². The van der Waals surface area contributed by atoms with E-state index in [9.17, 15) is 0 Å². The monoisotopic (exact) mass is 646 g/mol. The fraction of sp³-hybridized carbons (Fsp3) is 0.368. The lowest BCUT2D eigenvalue weighted by atomic mass is 9.79. The van der Waals surface area contributed by atoms with Crippen LogP contribution in [0.15, 0.2) is 121 Å². The topological polar surface area (TPSA) is 64.3 Å². The second kappa shape index (κ2) is 12.2. The van der Waals surface area contributed by atoms with Crippen molar-refractivity contribution in [3.63, 3.8) is 0 Å². The summed E-state index contributed by atoms with van der Waals surface area (Å²) >= 11 is 0. The fourth-order valence-corrected chi connectivity index (χ4v) is 9.95. The molecule has 6 saturated heterocycles. The average Bonchev–Trinajstić information content (AvgIpc) is 4.01. The summed E-state index contributed by atoms with van der Waals surface area (Å²) in [5, 5.41) is 0. The minimum atomic E-state index is -1.73. The van der Waals surface area contributed by atoms with Crippen molar-refractivity contribution in [2.24, 2.45) is 0 Å². The molecule has 4 atom stereocenters. The van der Waals surface area contributed by atoms with E-state index >= 15 is 0 Å². The van der Waals surface area contributed by atoms with Crippen LogP contribution >= 0.6 is 0 Å². The molecule has 10 rings (SSSR count). The van der Waals surface area contributed by atoms with E-state index in [2.05, 4.69) is 121 Å². The standard InChI is InChI=1S/2C19H22BNO3/c2*1-3-8-16(9-4-1)19(17-10-5-2-6-11-17)18-12-7-13-21(18)20(24-19)22-14-15-23-20/h2*1-6,8-11,18,21H,7,12-15H2/t2*18-/m10/s1. The molecule has 0 radical (unpaired) electrons. The first-order chi connectivity index (χ1) is 23.7. The Morgan fingerprint density at radius 2 is 0.729 bits per heavy atom. The van der Waals surface area contributed by atoms with Gasteiger partial charge >= 0.3 is 13.8 Å². The molecule has 6 aliphatic rings. The number of quaternary nitrogens is 2. The SMILES string of the molecule is c1ccc(C2(c3ccccc3)O[B-]3(OCCO3)[NH+]3CCC[C@@H]32)cc1.c1ccc(C2(c3ccccc3)O[B-]3(OCCO3)[NH+]3CCC[C@H]32)cc1. The lowest BCUT2D eigenvalue weighted by molar-refractivity contribution is -0.823. The van der Waals surface area contributed by atoms with Crippen LogP contribution < -0.4 is 9.62 Å². The third kappa shape index (κ3) is 4.62. The summed E-state index contributed by atoms with van der Waals surface area (Å²) in [7, 11) is 0. The molecule has 6 heterocycles. The van der Waals surface area contributed by atoms with Gasteiger partial charge in [0.25, 0.3) is 0 Å². The summed E-state index contributed by atoms with van der Waals surface area (Å²) < 4.78 is 38.0. The van der Waals surface area contributed by atoms with Gasteiger partial charge in [-0.2, -0.15) is 0 Å². The minimum Gasteiger partial charge on any atom is -0.484 e.